The molecule has 1 aliphatic heterocycles. The molecule has 2 amide bonds. The summed E-state index contributed by atoms with van der Waals surface area (Å²) in [6.45, 7) is -0.230. The lowest BCUT2D eigenvalue weighted by atomic mass is 10.1. The number of ether oxygens (including phenoxy) is 1. The molecule has 1 aliphatic rings. The van der Waals surface area contributed by atoms with Crippen LogP contribution >= 0.6 is 11.3 Å². The van der Waals surface area contributed by atoms with Crippen molar-refractivity contribution < 1.29 is 23.9 Å². The fourth-order valence-corrected chi connectivity index (χ4v) is 3.70. The molecule has 144 valence electrons. The van der Waals surface area contributed by atoms with Crippen LogP contribution in [0.5, 0.6) is 0 Å². The summed E-state index contributed by atoms with van der Waals surface area (Å²) >= 11 is 1.27. The van der Waals surface area contributed by atoms with Crippen LogP contribution in [0.2, 0.25) is 0 Å². The highest BCUT2D eigenvalue weighted by Crippen LogP contribution is 2.26. The molecule has 3 aromatic rings. The number of nitrogens with zero attached hydrogens (tertiary/aromatic N) is 1. The van der Waals surface area contributed by atoms with E-state index in [1.807, 2.05) is 30.3 Å². The van der Waals surface area contributed by atoms with Crippen molar-refractivity contribution in [3.05, 3.63) is 93.2 Å². The highest BCUT2D eigenvalue weighted by atomic mass is 32.1. The first kappa shape index (κ1) is 18.8. The molecule has 6 nitrogen and oxygen atoms in total. The first-order chi connectivity index (χ1) is 14.0. The Balaban J connectivity index is 1.48. The molecule has 0 spiro atoms. The van der Waals surface area contributed by atoms with Gasteiger partial charge in [0.15, 0.2) is 6.61 Å². The van der Waals surface area contributed by atoms with Crippen molar-refractivity contribution in [1.82, 2.24) is 4.90 Å². The van der Waals surface area contributed by atoms with E-state index in [1.54, 1.807) is 17.5 Å². The Morgan fingerprint density at radius 3 is 2.38 bits per heavy atom. The van der Waals surface area contributed by atoms with Crippen molar-refractivity contribution in [2.45, 2.75) is 6.54 Å². The van der Waals surface area contributed by atoms with Crippen molar-refractivity contribution in [3.63, 3.8) is 0 Å². The lowest BCUT2D eigenvalue weighted by Crippen LogP contribution is -2.29. The van der Waals surface area contributed by atoms with Crippen molar-refractivity contribution in [2.24, 2.45) is 0 Å². The number of carbonyl (C=O) groups excluding carboxylic acids is 4. The highest BCUT2D eigenvalue weighted by molar-refractivity contribution is 7.12. The molecule has 0 atom stereocenters. The van der Waals surface area contributed by atoms with Crippen molar-refractivity contribution in [1.29, 1.82) is 0 Å². The van der Waals surface area contributed by atoms with Crippen LogP contribution in [-0.2, 0) is 11.3 Å². The monoisotopic (exact) mass is 405 g/mol. The maximum absolute atomic E-state index is 12.7. The van der Waals surface area contributed by atoms with Gasteiger partial charge in [0, 0.05) is 0 Å². The SMILES string of the molecule is O=C(OCC(=O)c1cccs1)c1ccc2c(c1)C(=O)N(Cc1ccccc1)C2=O. The van der Waals surface area contributed by atoms with Crippen LogP contribution in [0.4, 0.5) is 0 Å². The molecule has 29 heavy (non-hydrogen) atoms. The van der Waals surface area contributed by atoms with Gasteiger partial charge in [-0.15, -0.1) is 11.3 Å². The van der Waals surface area contributed by atoms with Gasteiger partial charge >= 0.3 is 5.97 Å². The van der Waals surface area contributed by atoms with Crippen LogP contribution in [0.15, 0.2) is 66.0 Å². The molecule has 0 aliphatic carbocycles. The summed E-state index contributed by atoms with van der Waals surface area (Å²) in [7, 11) is 0. The summed E-state index contributed by atoms with van der Waals surface area (Å²) in [6, 6.07) is 16.8. The fraction of sp³-hybridized carbons (Fsp3) is 0.0909. The normalized spacial score (nSPS) is 12.8. The minimum atomic E-state index is -0.723. The van der Waals surface area contributed by atoms with Crippen LogP contribution in [-0.4, -0.2) is 35.1 Å². The first-order valence-corrected chi connectivity index (χ1v) is 9.70. The molecule has 7 heteroatoms. The van der Waals surface area contributed by atoms with Gasteiger partial charge in [0.2, 0.25) is 5.78 Å². The molecule has 0 radical (unpaired) electrons. The number of hydrogen-bond acceptors (Lipinski definition) is 6. The van der Waals surface area contributed by atoms with E-state index in [2.05, 4.69) is 0 Å². The lowest BCUT2D eigenvalue weighted by molar-refractivity contribution is 0.0475. The van der Waals surface area contributed by atoms with E-state index in [-0.39, 0.29) is 35.6 Å². The quantitative estimate of drug-likeness (QED) is 0.356. The zero-order valence-electron chi connectivity index (χ0n) is 15.2. The summed E-state index contributed by atoms with van der Waals surface area (Å²) in [5.41, 5.74) is 1.35. The Morgan fingerprint density at radius 1 is 0.897 bits per heavy atom. The number of fused-ring (bicyclic) bond motifs is 1. The maximum atomic E-state index is 12.7. The number of thiophene rings is 1. The molecule has 0 unspecified atom stereocenters. The lowest BCUT2D eigenvalue weighted by Gasteiger charge is -2.13. The van der Waals surface area contributed by atoms with E-state index in [9.17, 15) is 19.2 Å². The summed E-state index contributed by atoms with van der Waals surface area (Å²) in [6.07, 6.45) is 0. The van der Waals surface area contributed by atoms with Gasteiger partial charge in [-0.05, 0) is 35.2 Å². The largest absolute Gasteiger partial charge is 0.454 e. The molecule has 0 bridgehead atoms. The average Bonchev–Trinajstić information content (AvgIpc) is 3.36. The van der Waals surface area contributed by atoms with Crippen LogP contribution in [0.25, 0.3) is 0 Å². The molecule has 0 saturated heterocycles. The second-order valence-electron chi connectivity index (χ2n) is 6.42. The van der Waals surface area contributed by atoms with E-state index in [0.29, 0.717) is 4.88 Å². The second-order valence-corrected chi connectivity index (χ2v) is 7.37. The van der Waals surface area contributed by atoms with E-state index in [0.717, 1.165) is 10.5 Å². The van der Waals surface area contributed by atoms with E-state index in [4.69, 9.17) is 4.74 Å². The summed E-state index contributed by atoms with van der Waals surface area (Å²) in [5.74, 6) is -1.88. The molecule has 1 aromatic heterocycles. The Labute approximate surface area is 170 Å². The van der Waals surface area contributed by atoms with Crippen molar-refractivity contribution >= 4 is 34.9 Å². The average molecular weight is 405 g/mol. The molecule has 0 fully saturated rings. The zero-order chi connectivity index (χ0) is 20.4. The molecule has 0 saturated carbocycles. The number of imide groups is 1. The van der Waals surface area contributed by atoms with Gasteiger partial charge in [-0.2, -0.15) is 0 Å². The predicted octanol–water partition coefficient (Wildman–Crippen LogP) is 3.58. The number of carbonyl (C=O) groups is 4. The van der Waals surface area contributed by atoms with Gasteiger partial charge in [0.25, 0.3) is 11.8 Å². The molecular weight excluding hydrogens is 390 g/mol. The predicted molar refractivity (Wildman–Crippen MR) is 106 cm³/mol. The zero-order valence-corrected chi connectivity index (χ0v) is 16.0. The van der Waals surface area contributed by atoms with Crippen molar-refractivity contribution in [2.75, 3.05) is 6.61 Å². The number of Topliss-reactive ketones (excluding diaryl/α,β-unsaturated/α-hetero) is 1. The standard InChI is InChI=1S/C22H15NO5S/c24-18(19-7-4-10-29-19)13-28-22(27)15-8-9-16-17(11-15)21(26)23(20(16)25)12-14-5-2-1-3-6-14/h1-11H,12-13H2. The van der Waals surface area contributed by atoms with E-state index in [1.165, 1.54) is 29.5 Å². The third kappa shape index (κ3) is 3.72. The summed E-state index contributed by atoms with van der Waals surface area (Å²) in [4.78, 5) is 51.2. The maximum Gasteiger partial charge on any atom is 0.338 e. The van der Waals surface area contributed by atoms with Gasteiger partial charge in [-0.3, -0.25) is 19.3 Å². The Morgan fingerprint density at radius 2 is 1.66 bits per heavy atom. The molecule has 0 N–H and O–H groups in total. The van der Waals surface area contributed by atoms with E-state index < -0.39 is 17.8 Å². The molecular formula is C22H15NO5S. The smallest absolute Gasteiger partial charge is 0.338 e. The van der Waals surface area contributed by atoms with Gasteiger partial charge in [0.1, 0.15) is 0 Å². The number of ketones is 1. The second kappa shape index (κ2) is 7.81. The van der Waals surface area contributed by atoms with Crippen LogP contribution in [0.1, 0.15) is 46.3 Å². The number of rotatable bonds is 6. The third-order valence-corrected chi connectivity index (χ3v) is 5.43. The molecule has 2 heterocycles. The van der Waals surface area contributed by atoms with Crippen LogP contribution in [0.3, 0.4) is 0 Å². The minimum Gasteiger partial charge on any atom is -0.454 e. The summed E-state index contributed by atoms with van der Waals surface area (Å²) in [5, 5.41) is 1.76. The van der Waals surface area contributed by atoms with Gasteiger partial charge in [0.05, 0.1) is 28.1 Å². The van der Waals surface area contributed by atoms with E-state index >= 15 is 0 Å². The number of esters is 1. The number of hydrogen-bond donors (Lipinski definition) is 0. The molecule has 2 aromatic carbocycles. The Bertz CT molecular complexity index is 1110. The Hall–Kier alpha value is -3.58. The van der Waals surface area contributed by atoms with Gasteiger partial charge in [-0.25, -0.2) is 4.79 Å². The van der Waals surface area contributed by atoms with Crippen molar-refractivity contribution in [3.8, 4) is 0 Å². The number of benzene rings is 2. The first-order valence-electron chi connectivity index (χ1n) is 8.82. The third-order valence-electron chi connectivity index (χ3n) is 4.52. The highest BCUT2D eigenvalue weighted by Gasteiger charge is 2.36. The van der Waals surface area contributed by atoms with Gasteiger partial charge < -0.3 is 4.74 Å². The van der Waals surface area contributed by atoms with Crippen LogP contribution in [0, 0.1) is 0 Å². The van der Waals surface area contributed by atoms with Crippen LogP contribution < -0.4 is 0 Å². The minimum absolute atomic E-state index is 0.116. The summed E-state index contributed by atoms with van der Waals surface area (Å²) < 4.78 is 5.07. The molecule has 4 rings (SSSR count). The Kier molecular flexibility index (Phi) is 5.05. The van der Waals surface area contributed by atoms with Gasteiger partial charge in [-0.1, -0.05) is 36.4 Å². The number of amides is 2. The fourth-order valence-electron chi connectivity index (χ4n) is 3.05. The topological polar surface area (TPSA) is 80.8 Å².